The van der Waals surface area contributed by atoms with Crippen LogP contribution in [0.4, 0.5) is 0 Å². The SMILES string of the molecule is CC1CC=CC2=C1c1ccccc1C2OC(=O)CCC(C)C1CCC2C3C(=O)CC4CC5OC5CCC4(C)C3CC(=O)C12C. The zero-order valence-corrected chi connectivity index (χ0v) is 26.8. The zero-order chi connectivity index (χ0) is 30.5. The monoisotopic (exact) mass is 596 g/mol. The van der Waals surface area contributed by atoms with Crippen molar-refractivity contribution < 1.29 is 23.9 Å². The van der Waals surface area contributed by atoms with Crippen LogP contribution in [0.25, 0.3) is 5.57 Å². The van der Waals surface area contributed by atoms with Gasteiger partial charge in [0.2, 0.25) is 0 Å². The Hall–Kier alpha value is -2.53. The Labute approximate surface area is 262 Å². The van der Waals surface area contributed by atoms with Crippen molar-refractivity contribution in [3.05, 3.63) is 53.1 Å². The summed E-state index contributed by atoms with van der Waals surface area (Å²) in [7, 11) is 0. The molecule has 4 saturated carbocycles. The third-order valence-electron chi connectivity index (χ3n) is 14.1. The summed E-state index contributed by atoms with van der Waals surface area (Å²) >= 11 is 0. The molecule has 5 heteroatoms. The number of carbonyl (C=O) groups is 3. The smallest absolute Gasteiger partial charge is 0.306 e. The van der Waals surface area contributed by atoms with E-state index in [9.17, 15) is 14.4 Å². The number of hydrogen-bond donors (Lipinski definition) is 0. The molecule has 0 N–H and O–H groups in total. The first kappa shape index (κ1) is 28.9. The summed E-state index contributed by atoms with van der Waals surface area (Å²) in [6.45, 7) is 9.05. The average molecular weight is 597 g/mol. The topological polar surface area (TPSA) is 73.0 Å². The molecule has 12 unspecified atom stereocenters. The molecule has 0 amide bonds. The van der Waals surface area contributed by atoms with Gasteiger partial charge >= 0.3 is 5.97 Å². The fourth-order valence-electron chi connectivity index (χ4n) is 11.6. The van der Waals surface area contributed by atoms with Gasteiger partial charge in [-0.25, -0.2) is 0 Å². The van der Waals surface area contributed by atoms with Gasteiger partial charge in [-0.2, -0.15) is 0 Å². The van der Waals surface area contributed by atoms with Gasteiger partial charge in [-0.3, -0.25) is 14.4 Å². The molecule has 7 aliphatic rings. The molecule has 234 valence electrons. The fourth-order valence-corrected chi connectivity index (χ4v) is 11.6. The predicted octanol–water partition coefficient (Wildman–Crippen LogP) is 7.83. The van der Waals surface area contributed by atoms with Crippen molar-refractivity contribution in [1.82, 2.24) is 0 Å². The van der Waals surface area contributed by atoms with Crippen LogP contribution in [0, 0.1) is 52.3 Å². The Morgan fingerprint density at radius 3 is 2.73 bits per heavy atom. The zero-order valence-electron chi connectivity index (χ0n) is 26.8. The molecule has 1 heterocycles. The molecule has 8 rings (SSSR count). The molecule has 0 bridgehead atoms. The van der Waals surface area contributed by atoms with Gasteiger partial charge in [-0.15, -0.1) is 0 Å². The highest BCUT2D eigenvalue weighted by Crippen LogP contribution is 2.67. The molecule has 1 saturated heterocycles. The molecule has 1 aromatic carbocycles. The summed E-state index contributed by atoms with van der Waals surface area (Å²) in [5.41, 5.74) is 4.34. The van der Waals surface area contributed by atoms with Gasteiger partial charge in [0.25, 0.3) is 0 Å². The Morgan fingerprint density at radius 1 is 1.07 bits per heavy atom. The van der Waals surface area contributed by atoms with Crippen LogP contribution >= 0.6 is 0 Å². The Balaban J connectivity index is 0.962. The van der Waals surface area contributed by atoms with E-state index >= 15 is 0 Å². The van der Waals surface area contributed by atoms with Gasteiger partial charge < -0.3 is 9.47 Å². The molecular weight excluding hydrogens is 548 g/mol. The van der Waals surface area contributed by atoms with Gasteiger partial charge in [0.15, 0.2) is 6.10 Å². The molecule has 0 spiro atoms. The van der Waals surface area contributed by atoms with Crippen LogP contribution in [-0.2, 0) is 23.9 Å². The molecular formula is C39H48O5. The molecule has 44 heavy (non-hydrogen) atoms. The van der Waals surface area contributed by atoms with E-state index in [0.29, 0.717) is 61.3 Å². The molecule has 0 radical (unpaired) electrons. The third kappa shape index (κ3) is 4.16. The van der Waals surface area contributed by atoms with Crippen LogP contribution in [0.15, 0.2) is 42.0 Å². The number of fused-ring (bicyclic) bond motifs is 8. The summed E-state index contributed by atoms with van der Waals surface area (Å²) < 4.78 is 12.1. The Kier molecular flexibility index (Phi) is 6.73. The number of epoxide rings is 1. The largest absolute Gasteiger partial charge is 0.453 e. The number of benzene rings is 1. The van der Waals surface area contributed by atoms with E-state index < -0.39 is 5.41 Å². The van der Waals surface area contributed by atoms with Gasteiger partial charge in [0.1, 0.15) is 11.6 Å². The highest BCUT2D eigenvalue weighted by atomic mass is 16.6. The number of Topliss-reactive ketones (excluding diaryl/α,β-unsaturated/α-hetero) is 2. The minimum atomic E-state index is -0.480. The number of carbonyl (C=O) groups excluding carboxylic acids is 3. The van der Waals surface area contributed by atoms with Crippen molar-refractivity contribution >= 4 is 23.1 Å². The van der Waals surface area contributed by atoms with Crippen molar-refractivity contribution in [3.8, 4) is 0 Å². The first-order valence-corrected chi connectivity index (χ1v) is 17.5. The van der Waals surface area contributed by atoms with E-state index in [1.165, 1.54) is 11.1 Å². The van der Waals surface area contributed by atoms with E-state index in [1.807, 2.05) is 6.07 Å². The summed E-state index contributed by atoms with van der Waals surface area (Å²) in [6.07, 6.45) is 13.0. The first-order chi connectivity index (χ1) is 21.1. The van der Waals surface area contributed by atoms with Crippen LogP contribution in [0.3, 0.4) is 0 Å². The lowest BCUT2D eigenvalue weighted by Crippen LogP contribution is -2.59. The quantitative estimate of drug-likeness (QED) is 0.256. The number of esters is 1. The number of allylic oxidation sites excluding steroid dienone is 2. The van der Waals surface area contributed by atoms with Crippen molar-refractivity contribution in [1.29, 1.82) is 0 Å². The molecule has 5 nitrogen and oxygen atoms in total. The fraction of sp³-hybridized carbons (Fsp3) is 0.667. The summed E-state index contributed by atoms with van der Waals surface area (Å²) in [5.74, 6) is 2.10. The minimum Gasteiger partial charge on any atom is -0.453 e. The number of hydrogen-bond acceptors (Lipinski definition) is 5. The normalized spacial score (nSPS) is 44.0. The van der Waals surface area contributed by atoms with Gasteiger partial charge in [0.05, 0.1) is 12.2 Å². The molecule has 0 aromatic heterocycles. The van der Waals surface area contributed by atoms with Crippen molar-refractivity contribution in [3.63, 3.8) is 0 Å². The maximum absolute atomic E-state index is 14.3. The third-order valence-corrected chi connectivity index (χ3v) is 14.1. The van der Waals surface area contributed by atoms with Gasteiger partial charge in [-0.1, -0.05) is 64.1 Å². The molecule has 1 aliphatic heterocycles. The maximum atomic E-state index is 14.3. The highest BCUT2D eigenvalue weighted by Gasteiger charge is 2.66. The van der Waals surface area contributed by atoms with Gasteiger partial charge in [0, 0.05) is 41.7 Å². The van der Waals surface area contributed by atoms with Crippen LogP contribution in [0.1, 0.15) is 109 Å². The molecule has 12 atom stereocenters. The average Bonchev–Trinajstić information content (AvgIpc) is 3.57. The highest BCUT2D eigenvalue weighted by molar-refractivity contribution is 5.92. The van der Waals surface area contributed by atoms with Crippen molar-refractivity contribution in [2.45, 2.75) is 110 Å². The van der Waals surface area contributed by atoms with Crippen molar-refractivity contribution in [2.24, 2.45) is 52.3 Å². The molecule has 1 aromatic rings. The Morgan fingerprint density at radius 2 is 1.89 bits per heavy atom. The second-order valence-electron chi connectivity index (χ2n) is 16.1. The molecule has 6 aliphatic carbocycles. The molecule has 5 fully saturated rings. The van der Waals surface area contributed by atoms with E-state index in [2.05, 4.69) is 58.0 Å². The predicted molar refractivity (Wildman–Crippen MR) is 168 cm³/mol. The van der Waals surface area contributed by atoms with Crippen LogP contribution < -0.4 is 0 Å². The van der Waals surface area contributed by atoms with E-state index in [0.717, 1.165) is 49.7 Å². The van der Waals surface area contributed by atoms with Gasteiger partial charge in [-0.05, 0) is 97.0 Å². The van der Waals surface area contributed by atoms with E-state index in [4.69, 9.17) is 9.47 Å². The lowest BCUT2D eigenvalue weighted by atomic mass is 9.45. The standard InChI is InChI=1S/C39H48O5/c1-21(12-15-34(42)44-37-25-10-6-5-9-24(25)35-22(2)8-7-11-26(35)37)27-13-14-28-36-29(20-33(41)39(27,28)4)38(3)17-16-31-32(43-31)19-23(38)18-30(36)40/h5-7,9-11,21-23,27-29,31-32,36-37H,8,12-20H2,1-4H3. The maximum Gasteiger partial charge on any atom is 0.306 e. The summed E-state index contributed by atoms with van der Waals surface area (Å²) in [6, 6.07) is 8.35. The van der Waals surface area contributed by atoms with Crippen molar-refractivity contribution in [2.75, 3.05) is 0 Å². The number of ketones is 2. The van der Waals surface area contributed by atoms with E-state index in [1.54, 1.807) is 0 Å². The first-order valence-electron chi connectivity index (χ1n) is 17.5. The van der Waals surface area contributed by atoms with E-state index in [-0.39, 0.29) is 47.1 Å². The Bertz CT molecular complexity index is 1470. The summed E-state index contributed by atoms with van der Waals surface area (Å²) in [4.78, 5) is 41.5. The van der Waals surface area contributed by atoms with Crippen LogP contribution in [0.2, 0.25) is 0 Å². The minimum absolute atomic E-state index is 0.00676. The lowest BCUT2D eigenvalue weighted by Gasteiger charge is -2.57. The van der Waals surface area contributed by atoms with Crippen LogP contribution in [0.5, 0.6) is 0 Å². The second-order valence-corrected chi connectivity index (χ2v) is 16.1. The number of rotatable bonds is 5. The van der Waals surface area contributed by atoms with Crippen LogP contribution in [-0.4, -0.2) is 29.7 Å². The summed E-state index contributed by atoms with van der Waals surface area (Å²) in [5, 5.41) is 0. The lowest BCUT2D eigenvalue weighted by molar-refractivity contribution is -0.164. The second kappa shape index (κ2) is 10.2. The number of ether oxygens (including phenoxy) is 2.